The lowest BCUT2D eigenvalue weighted by Gasteiger charge is -2.25. The van der Waals surface area contributed by atoms with Gasteiger partial charge in [-0.25, -0.2) is 0 Å². The largest absolute Gasteiger partial charge is 0.478 e. The maximum absolute atomic E-state index is 12.2. The molecule has 0 fully saturated rings. The SMILES string of the molecule is C[C@@H](OC(=O)C[C@H]1Oc2ccccc2NC1=O)C(=O)Nc1sccc1C(N)=O. The first-order chi connectivity index (χ1) is 13.3. The summed E-state index contributed by atoms with van der Waals surface area (Å²) in [4.78, 5) is 47.7. The lowest BCUT2D eigenvalue weighted by atomic mass is 10.1. The van der Waals surface area contributed by atoms with E-state index in [2.05, 4.69) is 10.6 Å². The van der Waals surface area contributed by atoms with E-state index in [1.807, 2.05) is 0 Å². The fourth-order valence-corrected chi connectivity index (χ4v) is 3.29. The lowest BCUT2D eigenvalue weighted by Crippen LogP contribution is -2.40. The van der Waals surface area contributed by atoms with Crippen molar-refractivity contribution in [2.75, 3.05) is 10.6 Å². The van der Waals surface area contributed by atoms with E-state index >= 15 is 0 Å². The molecule has 2 atom stereocenters. The molecule has 3 rings (SSSR count). The Hall–Kier alpha value is -3.40. The van der Waals surface area contributed by atoms with Crippen molar-refractivity contribution in [3.05, 3.63) is 41.3 Å². The third-order valence-corrected chi connectivity index (χ3v) is 4.73. The lowest BCUT2D eigenvalue weighted by molar-refractivity contribution is -0.155. The number of nitrogens with two attached hydrogens (primary N) is 1. The molecule has 1 aromatic carbocycles. The highest BCUT2D eigenvalue weighted by molar-refractivity contribution is 7.14. The number of anilines is 2. The number of rotatable bonds is 6. The fourth-order valence-electron chi connectivity index (χ4n) is 2.49. The molecule has 0 saturated heterocycles. The van der Waals surface area contributed by atoms with Gasteiger partial charge in [0.25, 0.3) is 17.7 Å². The number of hydrogen-bond donors (Lipinski definition) is 3. The van der Waals surface area contributed by atoms with Crippen LogP contribution in [0.3, 0.4) is 0 Å². The summed E-state index contributed by atoms with van der Waals surface area (Å²) in [5.74, 6) is -2.11. The summed E-state index contributed by atoms with van der Waals surface area (Å²) in [6.07, 6.45) is -2.56. The molecular formula is C18H17N3O6S. The van der Waals surface area contributed by atoms with E-state index in [1.165, 1.54) is 13.0 Å². The Bertz CT molecular complexity index is 941. The fraction of sp³-hybridized carbons (Fsp3) is 0.222. The number of hydrogen-bond acceptors (Lipinski definition) is 7. The first-order valence-electron chi connectivity index (χ1n) is 8.29. The second-order valence-corrected chi connectivity index (χ2v) is 6.86. The van der Waals surface area contributed by atoms with Gasteiger partial charge >= 0.3 is 5.97 Å². The summed E-state index contributed by atoms with van der Waals surface area (Å²) in [6.45, 7) is 1.38. The van der Waals surface area contributed by atoms with Crippen LogP contribution in [-0.2, 0) is 19.1 Å². The van der Waals surface area contributed by atoms with E-state index in [0.29, 0.717) is 11.4 Å². The zero-order chi connectivity index (χ0) is 20.3. The minimum absolute atomic E-state index is 0.169. The van der Waals surface area contributed by atoms with Crippen LogP contribution in [0.25, 0.3) is 0 Å². The highest BCUT2D eigenvalue weighted by Gasteiger charge is 2.31. The molecule has 9 nitrogen and oxygen atoms in total. The molecule has 28 heavy (non-hydrogen) atoms. The van der Waals surface area contributed by atoms with E-state index < -0.39 is 35.9 Å². The number of fused-ring (bicyclic) bond motifs is 1. The zero-order valence-corrected chi connectivity index (χ0v) is 15.6. The van der Waals surface area contributed by atoms with Crippen molar-refractivity contribution in [3.63, 3.8) is 0 Å². The number of para-hydroxylation sites is 2. The van der Waals surface area contributed by atoms with Gasteiger partial charge in [0.05, 0.1) is 17.7 Å². The molecule has 1 aromatic heterocycles. The third kappa shape index (κ3) is 4.29. The Balaban J connectivity index is 1.55. The van der Waals surface area contributed by atoms with Crippen molar-refractivity contribution in [1.29, 1.82) is 0 Å². The maximum Gasteiger partial charge on any atom is 0.310 e. The number of carbonyl (C=O) groups excluding carboxylic acids is 4. The van der Waals surface area contributed by atoms with Crippen molar-refractivity contribution < 1.29 is 28.7 Å². The third-order valence-electron chi connectivity index (χ3n) is 3.90. The number of nitrogens with one attached hydrogen (secondary N) is 2. The van der Waals surface area contributed by atoms with Gasteiger partial charge in [-0.2, -0.15) is 0 Å². The second-order valence-electron chi connectivity index (χ2n) is 5.95. The Kier molecular flexibility index (Phi) is 5.59. The summed E-state index contributed by atoms with van der Waals surface area (Å²) < 4.78 is 10.6. The molecule has 1 aliphatic rings. The van der Waals surface area contributed by atoms with Gasteiger partial charge in [0.15, 0.2) is 12.2 Å². The molecule has 3 amide bonds. The van der Waals surface area contributed by atoms with E-state index in [1.54, 1.807) is 29.6 Å². The number of ether oxygens (including phenoxy) is 2. The molecule has 0 radical (unpaired) electrons. The van der Waals surface area contributed by atoms with Crippen molar-refractivity contribution in [2.45, 2.75) is 25.6 Å². The van der Waals surface area contributed by atoms with Crippen LogP contribution in [0.5, 0.6) is 5.75 Å². The number of primary amides is 1. The van der Waals surface area contributed by atoms with Crippen LogP contribution >= 0.6 is 11.3 Å². The van der Waals surface area contributed by atoms with E-state index in [4.69, 9.17) is 15.2 Å². The highest BCUT2D eigenvalue weighted by atomic mass is 32.1. The molecule has 0 aliphatic carbocycles. The molecule has 0 bridgehead atoms. The zero-order valence-electron chi connectivity index (χ0n) is 14.8. The van der Waals surface area contributed by atoms with Crippen LogP contribution in [0.2, 0.25) is 0 Å². The van der Waals surface area contributed by atoms with Crippen LogP contribution in [-0.4, -0.2) is 35.9 Å². The number of amides is 3. The Labute approximate surface area is 163 Å². The molecule has 2 aromatic rings. The number of thiophene rings is 1. The predicted molar refractivity (Wildman–Crippen MR) is 101 cm³/mol. The summed E-state index contributed by atoms with van der Waals surface area (Å²) in [6, 6.07) is 8.31. The van der Waals surface area contributed by atoms with Gasteiger partial charge in [0, 0.05) is 0 Å². The molecule has 10 heteroatoms. The molecule has 0 spiro atoms. The topological polar surface area (TPSA) is 137 Å². The van der Waals surface area contributed by atoms with Crippen molar-refractivity contribution in [2.24, 2.45) is 5.73 Å². The normalized spacial score (nSPS) is 16.2. The molecular weight excluding hydrogens is 386 g/mol. The van der Waals surface area contributed by atoms with Crippen molar-refractivity contribution in [3.8, 4) is 5.75 Å². The summed E-state index contributed by atoms with van der Waals surface area (Å²) in [7, 11) is 0. The van der Waals surface area contributed by atoms with E-state index in [-0.39, 0.29) is 17.0 Å². The van der Waals surface area contributed by atoms with Gasteiger partial charge in [0.2, 0.25) is 0 Å². The Morgan fingerprint density at radius 1 is 1.32 bits per heavy atom. The molecule has 0 saturated carbocycles. The summed E-state index contributed by atoms with van der Waals surface area (Å²) in [5.41, 5.74) is 5.91. The van der Waals surface area contributed by atoms with Gasteiger partial charge in [0.1, 0.15) is 10.8 Å². The standard InChI is InChI=1S/C18H17N3O6S/c1-9(16(24)21-18-10(15(19)23)6-7-28-18)26-14(22)8-13-17(25)20-11-4-2-3-5-12(11)27-13/h2-7,9,13H,8H2,1H3,(H2,19,23)(H,20,25)(H,21,24)/t9-,13-/m1/s1. The van der Waals surface area contributed by atoms with Crippen LogP contribution in [0.1, 0.15) is 23.7 Å². The van der Waals surface area contributed by atoms with Crippen molar-refractivity contribution >= 4 is 45.7 Å². The smallest absolute Gasteiger partial charge is 0.310 e. The van der Waals surface area contributed by atoms with Crippen LogP contribution in [0, 0.1) is 0 Å². The monoisotopic (exact) mass is 403 g/mol. The molecule has 2 heterocycles. The average molecular weight is 403 g/mol. The molecule has 1 aliphatic heterocycles. The van der Waals surface area contributed by atoms with Crippen LogP contribution < -0.4 is 21.1 Å². The minimum Gasteiger partial charge on any atom is -0.478 e. The molecule has 0 unspecified atom stereocenters. The quantitative estimate of drug-likeness (QED) is 0.625. The number of esters is 1. The average Bonchev–Trinajstić information content (AvgIpc) is 3.10. The number of carbonyl (C=O) groups is 4. The molecule has 4 N–H and O–H groups in total. The summed E-state index contributed by atoms with van der Waals surface area (Å²) in [5, 5.41) is 7.01. The predicted octanol–water partition coefficient (Wildman–Crippen LogP) is 1.51. The first kappa shape index (κ1) is 19.4. The first-order valence-corrected chi connectivity index (χ1v) is 9.17. The Morgan fingerprint density at radius 2 is 2.07 bits per heavy atom. The minimum atomic E-state index is -1.14. The van der Waals surface area contributed by atoms with Gasteiger partial charge < -0.3 is 25.8 Å². The van der Waals surface area contributed by atoms with Gasteiger partial charge in [-0.15, -0.1) is 11.3 Å². The number of benzene rings is 1. The van der Waals surface area contributed by atoms with E-state index in [9.17, 15) is 19.2 Å². The van der Waals surface area contributed by atoms with Gasteiger partial charge in [-0.3, -0.25) is 19.2 Å². The maximum atomic E-state index is 12.2. The van der Waals surface area contributed by atoms with Crippen LogP contribution in [0.15, 0.2) is 35.7 Å². The Morgan fingerprint density at radius 3 is 2.82 bits per heavy atom. The van der Waals surface area contributed by atoms with Gasteiger partial charge in [-0.1, -0.05) is 12.1 Å². The highest BCUT2D eigenvalue weighted by Crippen LogP contribution is 2.29. The van der Waals surface area contributed by atoms with Gasteiger partial charge in [-0.05, 0) is 30.5 Å². The van der Waals surface area contributed by atoms with Crippen molar-refractivity contribution in [1.82, 2.24) is 0 Å². The summed E-state index contributed by atoms with van der Waals surface area (Å²) >= 11 is 1.12. The second kappa shape index (κ2) is 8.09. The molecule has 146 valence electrons. The van der Waals surface area contributed by atoms with Crippen LogP contribution in [0.4, 0.5) is 10.7 Å². The van der Waals surface area contributed by atoms with E-state index in [0.717, 1.165) is 11.3 Å².